The second kappa shape index (κ2) is 11.6. The van der Waals surface area contributed by atoms with Gasteiger partial charge < -0.3 is 4.74 Å². The average Bonchev–Trinajstić information content (AvgIpc) is 2.79. The zero-order chi connectivity index (χ0) is 26.4. The van der Waals surface area contributed by atoms with E-state index in [0.717, 1.165) is 31.4 Å². The lowest BCUT2D eigenvalue weighted by Gasteiger charge is -2.09. The zero-order valence-electron chi connectivity index (χ0n) is 20.1. The molecule has 0 N–H and O–H groups in total. The summed E-state index contributed by atoms with van der Waals surface area (Å²) in [5.74, 6) is 0.322. The SMILES string of the molecule is CCCCCc1cc(F)c(C#Cc2c(C)cc(C(=O)Oc3cc(F)c(C#N)c(F)c3)cc2C)c(F)c1. The third-order valence-electron chi connectivity index (χ3n) is 5.59. The van der Waals surface area contributed by atoms with Gasteiger partial charge in [0, 0.05) is 17.7 Å². The van der Waals surface area contributed by atoms with Crippen molar-refractivity contribution < 1.29 is 27.1 Å². The van der Waals surface area contributed by atoms with Crippen molar-refractivity contribution in [2.45, 2.75) is 46.5 Å². The van der Waals surface area contributed by atoms with Gasteiger partial charge in [-0.3, -0.25) is 0 Å². The van der Waals surface area contributed by atoms with Gasteiger partial charge in [-0.2, -0.15) is 5.26 Å². The van der Waals surface area contributed by atoms with Crippen LogP contribution >= 0.6 is 0 Å². The summed E-state index contributed by atoms with van der Waals surface area (Å²) in [6.45, 7) is 5.38. The van der Waals surface area contributed by atoms with Crippen LogP contribution in [0.4, 0.5) is 17.6 Å². The molecule has 0 aromatic heterocycles. The molecular formula is C29H23F4NO2. The fraction of sp³-hybridized carbons (Fsp3) is 0.241. The van der Waals surface area contributed by atoms with Crippen LogP contribution < -0.4 is 4.74 Å². The highest BCUT2D eigenvalue weighted by Gasteiger charge is 2.17. The van der Waals surface area contributed by atoms with Gasteiger partial charge in [0.15, 0.2) is 0 Å². The van der Waals surface area contributed by atoms with Gasteiger partial charge in [-0.1, -0.05) is 31.6 Å². The lowest BCUT2D eigenvalue weighted by atomic mass is 9.99. The van der Waals surface area contributed by atoms with Crippen molar-refractivity contribution >= 4 is 5.97 Å². The fourth-order valence-electron chi connectivity index (χ4n) is 3.75. The Morgan fingerprint density at radius 3 is 1.86 bits per heavy atom. The molecule has 184 valence electrons. The largest absolute Gasteiger partial charge is 0.423 e. The third-order valence-corrected chi connectivity index (χ3v) is 5.59. The highest BCUT2D eigenvalue weighted by molar-refractivity contribution is 5.92. The molecule has 0 fully saturated rings. The number of esters is 1. The van der Waals surface area contributed by atoms with E-state index in [1.165, 1.54) is 30.3 Å². The van der Waals surface area contributed by atoms with Gasteiger partial charge >= 0.3 is 5.97 Å². The van der Waals surface area contributed by atoms with E-state index in [1.54, 1.807) is 13.8 Å². The molecule has 0 bridgehead atoms. The van der Waals surface area contributed by atoms with Gasteiger partial charge in [-0.05, 0) is 67.6 Å². The number of ether oxygens (including phenoxy) is 1. The average molecular weight is 494 g/mol. The minimum Gasteiger partial charge on any atom is -0.423 e. The molecule has 3 aromatic rings. The van der Waals surface area contributed by atoms with E-state index in [4.69, 9.17) is 10.00 Å². The van der Waals surface area contributed by atoms with Gasteiger partial charge in [-0.25, -0.2) is 22.4 Å². The summed E-state index contributed by atoms with van der Waals surface area (Å²) in [6, 6.07) is 8.40. The lowest BCUT2D eigenvalue weighted by Crippen LogP contribution is -2.10. The second-order valence-electron chi connectivity index (χ2n) is 8.39. The zero-order valence-corrected chi connectivity index (χ0v) is 20.1. The monoisotopic (exact) mass is 493 g/mol. The predicted octanol–water partition coefficient (Wildman–Crippen LogP) is 7.08. The molecule has 0 amide bonds. The molecule has 0 saturated heterocycles. The molecule has 0 aliphatic rings. The van der Waals surface area contributed by atoms with Gasteiger partial charge in [0.05, 0.1) is 11.1 Å². The predicted molar refractivity (Wildman–Crippen MR) is 128 cm³/mol. The first-order valence-corrected chi connectivity index (χ1v) is 11.4. The molecular weight excluding hydrogens is 470 g/mol. The van der Waals surface area contributed by atoms with Crippen LogP contribution in [-0.2, 0) is 6.42 Å². The van der Waals surface area contributed by atoms with E-state index in [-0.39, 0.29) is 11.1 Å². The number of carbonyl (C=O) groups is 1. The molecule has 7 heteroatoms. The summed E-state index contributed by atoms with van der Waals surface area (Å²) >= 11 is 0. The Labute approximate surface area is 207 Å². The highest BCUT2D eigenvalue weighted by Crippen LogP contribution is 2.23. The number of unbranched alkanes of at least 4 members (excludes halogenated alkanes) is 2. The van der Waals surface area contributed by atoms with Gasteiger partial charge in [-0.15, -0.1) is 0 Å². The molecule has 36 heavy (non-hydrogen) atoms. The van der Waals surface area contributed by atoms with Crippen molar-refractivity contribution in [3.63, 3.8) is 0 Å². The lowest BCUT2D eigenvalue weighted by molar-refractivity contribution is 0.0733. The summed E-state index contributed by atoms with van der Waals surface area (Å²) in [6.07, 6.45) is 3.43. The normalized spacial score (nSPS) is 10.4. The maximum Gasteiger partial charge on any atom is 0.343 e. The smallest absolute Gasteiger partial charge is 0.343 e. The molecule has 3 aromatic carbocycles. The van der Waals surface area contributed by atoms with Crippen LogP contribution in [0.2, 0.25) is 0 Å². The number of carbonyl (C=O) groups excluding carboxylic acids is 1. The van der Waals surface area contributed by atoms with E-state index >= 15 is 0 Å². The minimum absolute atomic E-state index is 0.0921. The summed E-state index contributed by atoms with van der Waals surface area (Å²) in [5.41, 5.74) is 1.14. The molecule has 0 spiro atoms. The van der Waals surface area contributed by atoms with E-state index < -0.39 is 40.6 Å². The van der Waals surface area contributed by atoms with Crippen LogP contribution in [0.5, 0.6) is 5.75 Å². The van der Waals surface area contributed by atoms with Crippen molar-refractivity contribution in [3.05, 3.63) is 98.6 Å². The number of nitrogens with zero attached hydrogens (tertiary/aromatic N) is 1. The Kier molecular flexibility index (Phi) is 8.51. The van der Waals surface area contributed by atoms with Crippen LogP contribution in [0, 0.1) is 60.3 Å². The number of hydrogen-bond acceptors (Lipinski definition) is 3. The van der Waals surface area contributed by atoms with Gasteiger partial charge in [0.25, 0.3) is 0 Å². The Hall–Kier alpha value is -4.10. The van der Waals surface area contributed by atoms with Crippen LogP contribution in [0.25, 0.3) is 0 Å². The van der Waals surface area contributed by atoms with Crippen LogP contribution in [0.15, 0.2) is 36.4 Å². The van der Waals surface area contributed by atoms with E-state index in [9.17, 15) is 22.4 Å². The standard InChI is InChI=1S/C29H23F4NO2/c1-4-5-6-7-19-12-25(30)23(26(31)13-19)9-8-22-17(2)10-20(11-18(22)3)29(35)36-21-14-27(32)24(16-34)28(33)15-21/h10-15H,4-7H2,1-3H3. The van der Waals surface area contributed by atoms with Gasteiger partial charge in [0.1, 0.15) is 40.7 Å². The molecule has 3 rings (SSSR count). The Morgan fingerprint density at radius 2 is 1.33 bits per heavy atom. The summed E-state index contributed by atoms with van der Waals surface area (Å²) in [4.78, 5) is 12.5. The van der Waals surface area contributed by atoms with Crippen molar-refractivity contribution in [1.82, 2.24) is 0 Å². The van der Waals surface area contributed by atoms with Crippen molar-refractivity contribution in [1.29, 1.82) is 5.26 Å². The number of aryl methyl sites for hydroxylation is 3. The Bertz CT molecular complexity index is 1360. The van der Waals surface area contributed by atoms with Crippen molar-refractivity contribution in [2.24, 2.45) is 0 Å². The molecule has 0 heterocycles. The summed E-state index contributed by atoms with van der Waals surface area (Å²) < 4.78 is 61.7. The van der Waals surface area contributed by atoms with Crippen molar-refractivity contribution in [2.75, 3.05) is 0 Å². The van der Waals surface area contributed by atoms with Gasteiger partial charge in [0.2, 0.25) is 0 Å². The molecule has 0 aliphatic heterocycles. The van der Waals surface area contributed by atoms with E-state index in [1.807, 2.05) is 0 Å². The molecule has 0 saturated carbocycles. The van der Waals surface area contributed by atoms with Crippen LogP contribution in [-0.4, -0.2) is 5.97 Å². The molecule has 0 aliphatic carbocycles. The number of halogens is 4. The fourth-order valence-corrected chi connectivity index (χ4v) is 3.75. The molecule has 3 nitrogen and oxygen atoms in total. The Morgan fingerprint density at radius 1 is 0.806 bits per heavy atom. The van der Waals surface area contributed by atoms with E-state index in [0.29, 0.717) is 28.7 Å². The number of hydrogen-bond donors (Lipinski definition) is 0. The topological polar surface area (TPSA) is 50.1 Å². The summed E-state index contributed by atoms with van der Waals surface area (Å²) in [7, 11) is 0. The molecule has 0 unspecified atom stereocenters. The first kappa shape index (κ1) is 26.5. The third kappa shape index (κ3) is 6.12. The van der Waals surface area contributed by atoms with Crippen LogP contribution in [0.3, 0.4) is 0 Å². The minimum atomic E-state index is -1.15. The first-order chi connectivity index (χ1) is 17.1. The quantitative estimate of drug-likeness (QED) is 0.121. The second-order valence-corrected chi connectivity index (χ2v) is 8.39. The number of benzene rings is 3. The Balaban J connectivity index is 1.84. The first-order valence-electron chi connectivity index (χ1n) is 11.4. The maximum absolute atomic E-state index is 14.5. The highest BCUT2D eigenvalue weighted by atomic mass is 19.1. The summed E-state index contributed by atoms with van der Waals surface area (Å²) in [5, 5.41) is 8.75. The maximum atomic E-state index is 14.5. The van der Waals surface area contributed by atoms with Crippen LogP contribution in [0.1, 0.15) is 69.9 Å². The number of rotatable bonds is 6. The number of nitriles is 1. The van der Waals surface area contributed by atoms with E-state index in [2.05, 4.69) is 18.8 Å². The molecule has 0 atom stereocenters. The molecule has 0 radical (unpaired) electrons. The van der Waals surface area contributed by atoms with Crippen molar-refractivity contribution in [3.8, 4) is 23.7 Å².